The van der Waals surface area contributed by atoms with Gasteiger partial charge in [-0.05, 0) is 36.8 Å². The van der Waals surface area contributed by atoms with Crippen LogP contribution in [-0.2, 0) is 4.74 Å². The van der Waals surface area contributed by atoms with Crippen molar-refractivity contribution < 1.29 is 4.74 Å². The molecule has 1 atom stereocenters. The van der Waals surface area contributed by atoms with Crippen molar-refractivity contribution in [3.8, 4) is 11.3 Å². The van der Waals surface area contributed by atoms with Gasteiger partial charge in [-0.3, -0.25) is 4.90 Å². The third-order valence-corrected chi connectivity index (χ3v) is 8.16. The predicted octanol–water partition coefficient (Wildman–Crippen LogP) is 4.00. The molecule has 1 aliphatic carbocycles. The second kappa shape index (κ2) is 9.32. The van der Waals surface area contributed by atoms with Crippen LogP contribution in [0.3, 0.4) is 0 Å². The van der Waals surface area contributed by atoms with Crippen molar-refractivity contribution in [2.45, 2.75) is 19.0 Å². The number of morpholine rings is 1. The molecule has 4 heterocycles. The number of fused-ring (bicyclic) bond motifs is 2. The molecule has 3 N–H and O–H groups in total. The number of nitrogens with zero attached hydrogens (tertiary/aromatic N) is 4. The summed E-state index contributed by atoms with van der Waals surface area (Å²) in [7, 11) is 0. The molecule has 0 radical (unpaired) electrons. The molecule has 2 fully saturated rings. The average Bonchev–Trinajstić information content (AvgIpc) is 3.31. The lowest BCUT2D eigenvalue weighted by atomic mass is 9.72. The average molecular weight is 493 g/mol. The summed E-state index contributed by atoms with van der Waals surface area (Å²) in [6, 6.07) is 21.0. The van der Waals surface area contributed by atoms with E-state index in [-0.39, 0.29) is 6.17 Å². The van der Waals surface area contributed by atoms with Crippen molar-refractivity contribution in [1.82, 2.24) is 20.1 Å². The van der Waals surface area contributed by atoms with E-state index < -0.39 is 0 Å². The lowest BCUT2D eigenvalue weighted by molar-refractivity contribution is 0.00821. The highest BCUT2D eigenvalue weighted by atomic mass is 16.5. The lowest BCUT2D eigenvalue weighted by Crippen LogP contribution is -2.50. The molecule has 0 amide bonds. The number of pyridine rings is 1. The Bertz CT molecular complexity index is 1400. The molecule has 1 saturated heterocycles. The number of hydrogen-bond acceptors (Lipinski definition) is 7. The molecule has 1 aromatic heterocycles. The Hall–Kier alpha value is -3.68. The number of aliphatic imine (C=N–C) groups is 1. The number of nitrogens with two attached hydrogens (primary N) is 1. The number of ether oxygens (including phenoxy) is 1. The van der Waals surface area contributed by atoms with E-state index in [0.29, 0.717) is 11.8 Å². The fourth-order valence-corrected chi connectivity index (χ4v) is 6.18. The first-order valence-corrected chi connectivity index (χ1v) is 13.3. The van der Waals surface area contributed by atoms with E-state index in [1.54, 1.807) is 0 Å². The largest absolute Gasteiger partial charge is 0.382 e. The highest BCUT2D eigenvalue weighted by Gasteiger charge is 2.44. The monoisotopic (exact) mass is 492 g/mol. The minimum Gasteiger partial charge on any atom is -0.382 e. The molecular weight excluding hydrogens is 460 g/mol. The zero-order chi connectivity index (χ0) is 24.8. The van der Waals surface area contributed by atoms with E-state index in [1.807, 2.05) is 24.4 Å². The Morgan fingerprint density at radius 2 is 1.78 bits per heavy atom. The van der Waals surface area contributed by atoms with E-state index in [4.69, 9.17) is 15.5 Å². The summed E-state index contributed by atoms with van der Waals surface area (Å²) < 4.78 is 5.52. The van der Waals surface area contributed by atoms with Crippen LogP contribution in [0.25, 0.3) is 27.9 Å². The van der Waals surface area contributed by atoms with Crippen LogP contribution in [0.1, 0.15) is 18.4 Å². The molecule has 37 heavy (non-hydrogen) atoms. The molecule has 4 aliphatic rings. The maximum absolute atomic E-state index is 6.46. The summed E-state index contributed by atoms with van der Waals surface area (Å²) in [6.45, 7) is 5.02. The second-order valence-electron chi connectivity index (χ2n) is 10.5. The van der Waals surface area contributed by atoms with E-state index in [1.165, 1.54) is 19.4 Å². The third kappa shape index (κ3) is 4.18. The van der Waals surface area contributed by atoms with Crippen molar-refractivity contribution in [3.63, 3.8) is 0 Å². The smallest absolute Gasteiger partial charge is 0.149 e. The quantitative estimate of drug-likeness (QED) is 0.561. The predicted molar refractivity (Wildman–Crippen MR) is 147 cm³/mol. The molecule has 0 spiro atoms. The summed E-state index contributed by atoms with van der Waals surface area (Å²) in [5.74, 6) is 1.87. The van der Waals surface area contributed by atoms with Gasteiger partial charge in [0.15, 0.2) is 0 Å². The minimum atomic E-state index is 0.190. The number of rotatable bonds is 5. The summed E-state index contributed by atoms with van der Waals surface area (Å²) in [5, 5.41) is 4.97. The van der Waals surface area contributed by atoms with Crippen LogP contribution in [0.15, 0.2) is 83.8 Å². The number of amidine groups is 1. The fraction of sp³-hybridized carbons (Fsp3) is 0.333. The molecule has 7 rings (SSSR count). The lowest BCUT2D eigenvalue weighted by Gasteiger charge is -2.44. The number of nitrogens with one attached hydrogen (secondary N) is 1. The molecule has 1 saturated carbocycles. The Balaban J connectivity index is 1.15. The normalized spacial score (nSPS) is 25.6. The van der Waals surface area contributed by atoms with Crippen LogP contribution in [0, 0.1) is 11.8 Å². The topological polar surface area (TPSA) is 79.0 Å². The summed E-state index contributed by atoms with van der Waals surface area (Å²) >= 11 is 0. The van der Waals surface area contributed by atoms with Gasteiger partial charge >= 0.3 is 0 Å². The highest BCUT2D eigenvalue weighted by Crippen LogP contribution is 2.43. The van der Waals surface area contributed by atoms with Gasteiger partial charge in [-0.2, -0.15) is 0 Å². The summed E-state index contributed by atoms with van der Waals surface area (Å²) in [6.07, 6.45) is 6.51. The molecule has 3 aromatic rings. The summed E-state index contributed by atoms with van der Waals surface area (Å²) in [4.78, 5) is 14.3. The molecule has 3 aliphatic heterocycles. The van der Waals surface area contributed by atoms with Gasteiger partial charge < -0.3 is 20.7 Å². The Labute approximate surface area is 217 Å². The van der Waals surface area contributed by atoms with Gasteiger partial charge in [0, 0.05) is 48.5 Å². The van der Waals surface area contributed by atoms with Crippen molar-refractivity contribution in [3.05, 3.63) is 84.3 Å². The van der Waals surface area contributed by atoms with Gasteiger partial charge in [-0.25, -0.2) is 9.98 Å². The van der Waals surface area contributed by atoms with Crippen LogP contribution in [-0.4, -0.2) is 59.6 Å². The van der Waals surface area contributed by atoms with Gasteiger partial charge in [0.05, 0.1) is 30.1 Å². The number of aromatic nitrogens is 1. The van der Waals surface area contributed by atoms with Crippen molar-refractivity contribution in [2.24, 2.45) is 22.6 Å². The van der Waals surface area contributed by atoms with E-state index in [0.717, 1.165) is 71.3 Å². The first kappa shape index (κ1) is 22.5. The number of benzene rings is 2. The van der Waals surface area contributed by atoms with Crippen molar-refractivity contribution in [1.29, 1.82) is 0 Å². The molecule has 7 nitrogen and oxygen atoms in total. The van der Waals surface area contributed by atoms with Crippen LogP contribution in [0.5, 0.6) is 0 Å². The van der Waals surface area contributed by atoms with Crippen molar-refractivity contribution >= 4 is 22.4 Å². The van der Waals surface area contributed by atoms with E-state index in [2.05, 4.69) is 68.8 Å². The van der Waals surface area contributed by atoms with Crippen molar-refractivity contribution in [2.75, 3.05) is 32.8 Å². The van der Waals surface area contributed by atoms with Crippen LogP contribution < -0.4 is 11.1 Å². The Morgan fingerprint density at radius 1 is 0.973 bits per heavy atom. The number of hydrogen-bond donors (Lipinski definition) is 2. The van der Waals surface area contributed by atoms with E-state index >= 15 is 0 Å². The Kier molecular flexibility index (Phi) is 5.67. The second-order valence-corrected chi connectivity index (χ2v) is 10.5. The van der Waals surface area contributed by atoms with Gasteiger partial charge in [-0.15, -0.1) is 0 Å². The molecule has 0 bridgehead atoms. The fourth-order valence-electron chi connectivity index (χ4n) is 6.18. The van der Waals surface area contributed by atoms with Gasteiger partial charge in [0.1, 0.15) is 17.7 Å². The Morgan fingerprint density at radius 3 is 2.62 bits per heavy atom. The molecular formula is C30H32N6O. The van der Waals surface area contributed by atoms with Crippen LogP contribution in [0.4, 0.5) is 0 Å². The van der Waals surface area contributed by atoms with E-state index in [9.17, 15) is 0 Å². The molecule has 2 aromatic carbocycles. The minimum absolute atomic E-state index is 0.190. The zero-order valence-electron chi connectivity index (χ0n) is 20.9. The molecule has 188 valence electrons. The van der Waals surface area contributed by atoms with Crippen LogP contribution in [0.2, 0.25) is 0 Å². The molecule has 7 heteroatoms. The SMILES string of the molecule is NC1=NC=CN2C1=C(c1ccc3ccc(-c4ccccc4)nc3c1)NC2[C@H]1C[C@H](CN2CCOCC2)C1. The van der Waals surface area contributed by atoms with Crippen LogP contribution >= 0.6 is 0 Å². The summed E-state index contributed by atoms with van der Waals surface area (Å²) in [5.41, 5.74) is 12.6. The van der Waals surface area contributed by atoms with Gasteiger partial charge in [0.25, 0.3) is 0 Å². The standard InChI is InChI=1S/C30H32N6O/c31-29-28-27(23-7-6-22-8-9-25(33-26(22)18-23)21-4-2-1-3-5-21)34-30(36(28)11-10-32-29)24-16-20(17-24)19-35-12-14-37-15-13-35/h1-11,18,20,24,30,34H,12-17,19H2,(H2,31,32)/t20-,24-,30?. The molecule has 1 unspecified atom stereocenters. The van der Waals surface area contributed by atoms with Gasteiger partial charge in [0.2, 0.25) is 0 Å². The highest BCUT2D eigenvalue weighted by molar-refractivity contribution is 6.05. The maximum Gasteiger partial charge on any atom is 0.149 e. The third-order valence-electron chi connectivity index (χ3n) is 8.16. The first-order valence-electron chi connectivity index (χ1n) is 13.3. The van der Waals surface area contributed by atoms with Gasteiger partial charge in [-0.1, -0.05) is 48.5 Å². The maximum atomic E-state index is 6.46. The first-order chi connectivity index (χ1) is 18.2. The zero-order valence-corrected chi connectivity index (χ0v) is 20.9.